The highest BCUT2D eigenvalue weighted by Crippen LogP contribution is 2.24. The van der Waals surface area contributed by atoms with Gasteiger partial charge in [-0.2, -0.15) is 0 Å². The Morgan fingerprint density at radius 3 is 2.73 bits per heavy atom. The van der Waals surface area contributed by atoms with E-state index in [9.17, 15) is 9.59 Å². The van der Waals surface area contributed by atoms with Crippen LogP contribution in [0.4, 0.5) is 5.82 Å². The normalized spacial score (nSPS) is 16.4. The van der Waals surface area contributed by atoms with Gasteiger partial charge in [-0.1, -0.05) is 41.6 Å². The lowest BCUT2D eigenvalue weighted by Crippen LogP contribution is -2.54. The number of anilines is 1. The summed E-state index contributed by atoms with van der Waals surface area (Å²) in [5, 5.41) is 0.725. The number of hydroxylamine groups is 1. The molecule has 8 nitrogen and oxygen atoms in total. The fourth-order valence-corrected chi connectivity index (χ4v) is 4.01. The second kappa shape index (κ2) is 10.6. The van der Waals surface area contributed by atoms with Crippen LogP contribution in [-0.2, 0) is 9.63 Å². The summed E-state index contributed by atoms with van der Waals surface area (Å²) < 4.78 is 0. The molecule has 3 rings (SSSR count). The van der Waals surface area contributed by atoms with Crippen molar-refractivity contribution in [2.75, 3.05) is 36.9 Å². The number of amides is 2. The molecule has 1 aliphatic rings. The number of aromatic nitrogens is 2. The van der Waals surface area contributed by atoms with Crippen LogP contribution in [0.25, 0.3) is 0 Å². The van der Waals surface area contributed by atoms with E-state index in [1.54, 1.807) is 13.0 Å². The van der Waals surface area contributed by atoms with E-state index in [1.807, 2.05) is 42.2 Å². The van der Waals surface area contributed by atoms with Crippen LogP contribution in [0.2, 0.25) is 5.15 Å². The Hall–Kier alpha value is -2.36. The van der Waals surface area contributed by atoms with E-state index in [0.717, 1.165) is 0 Å². The molecular formula is C20H24ClN5O3S. The number of carbonyl (C=O) groups is 2. The first-order valence-electron chi connectivity index (χ1n) is 9.67. The Labute approximate surface area is 184 Å². The molecule has 0 aliphatic carbocycles. The second-order valence-electron chi connectivity index (χ2n) is 6.74. The molecule has 0 radical (unpaired) electrons. The summed E-state index contributed by atoms with van der Waals surface area (Å²) in [5.41, 5.74) is 3.02. The highest BCUT2D eigenvalue weighted by Gasteiger charge is 2.29. The first-order valence-corrected chi connectivity index (χ1v) is 11.0. The van der Waals surface area contributed by atoms with E-state index in [2.05, 4.69) is 20.3 Å². The van der Waals surface area contributed by atoms with Crippen molar-refractivity contribution in [1.82, 2.24) is 20.3 Å². The average Bonchev–Trinajstić information content (AvgIpc) is 2.76. The maximum Gasteiger partial charge on any atom is 0.254 e. The fourth-order valence-electron chi connectivity index (χ4n) is 3.14. The van der Waals surface area contributed by atoms with E-state index < -0.39 is 0 Å². The van der Waals surface area contributed by atoms with E-state index in [0.29, 0.717) is 47.9 Å². The van der Waals surface area contributed by atoms with Crippen LogP contribution < -0.4 is 10.4 Å². The predicted octanol–water partition coefficient (Wildman–Crippen LogP) is 2.64. The molecular weight excluding hydrogens is 426 g/mol. The molecule has 0 saturated carbocycles. The SMILES string of the molecule is CCONC(=O)CSc1nc(Cl)cc(N2CCN(C(=O)c3ccccc3)C(C)C2)n1. The number of rotatable bonds is 7. The van der Waals surface area contributed by atoms with Crippen molar-refractivity contribution in [3.63, 3.8) is 0 Å². The molecule has 1 aromatic heterocycles. The lowest BCUT2D eigenvalue weighted by Gasteiger charge is -2.40. The van der Waals surface area contributed by atoms with Crippen LogP contribution >= 0.6 is 23.4 Å². The maximum atomic E-state index is 12.8. The zero-order valence-corrected chi connectivity index (χ0v) is 18.4. The van der Waals surface area contributed by atoms with Crippen molar-refractivity contribution in [2.45, 2.75) is 25.0 Å². The van der Waals surface area contributed by atoms with Crippen molar-refractivity contribution in [2.24, 2.45) is 0 Å². The van der Waals surface area contributed by atoms with Crippen LogP contribution in [-0.4, -0.2) is 64.7 Å². The topological polar surface area (TPSA) is 87.7 Å². The van der Waals surface area contributed by atoms with Gasteiger partial charge in [0.25, 0.3) is 11.8 Å². The monoisotopic (exact) mass is 449 g/mol. The number of hydrogen-bond donors (Lipinski definition) is 1. The Balaban J connectivity index is 1.63. The van der Waals surface area contributed by atoms with Gasteiger partial charge >= 0.3 is 0 Å². The summed E-state index contributed by atoms with van der Waals surface area (Å²) in [5.74, 6) is 0.560. The van der Waals surface area contributed by atoms with E-state index in [1.165, 1.54) is 11.8 Å². The molecule has 1 aliphatic heterocycles. The van der Waals surface area contributed by atoms with Gasteiger partial charge in [0, 0.05) is 37.3 Å². The van der Waals surface area contributed by atoms with Gasteiger partial charge in [0.05, 0.1) is 12.4 Å². The molecule has 10 heteroatoms. The molecule has 160 valence electrons. The molecule has 0 spiro atoms. The van der Waals surface area contributed by atoms with Gasteiger partial charge in [-0.05, 0) is 26.0 Å². The van der Waals surface area contributed by atoms with Crippen LogP contribution in [0.15, 0.2) is 41.6 Å². The number of nitrogens with zero attached hydrogens (tertiary/aromatic N) is 4. The molecule has 1 fully saturated rings. The summed E-state index contributed by atoms with van der Waals surface area (Å²) in [6.07, 6.45) is 0. The van der Waals surface area contributed by atoms with Gasteiger partial charge in [0.1, 0.15) is 11.0 Å². The van der Waals surface area contributed by atoms with Crippen LogP contribution in [0.1, 0.15) is 24.2 Å². The van der Waals surface area contributed by atoms with Crippen molar-refractivity contribution in [1.29, 1.82) is 0 Å². The summed E-state index contributed by atoms with van der Waals surface area (Å²) in [6, 6.07) is 11.0. The van der Waals surface area contributed by atoms with Crippen LogP contribution in [0, 0.1) is 0 Å². The number of thioether (sulfide) groups is 1. The third-order valence-electron chi connectivity index (χ3n) is 4.56. The molecule has 2 aromatic rings. The van der Waals surface area contributed by atoms with Crippen molar-refractivity contribution < 1.29 is 14.4 Å². The predicted molar refractivity (Wildman–Crippen MR) is 117 cm³/mol. The highest BCUT2D eigenvalue weighted by molar-refractivity contribution is 7.99. The molecule has 2 amide bonds. The minimum absolute atomic E-state index is 0.00766. The molecule has 1 unspecified atom stereocenters. The fraction of sp³-hybridized carbons (Fsp3) is 0.400. The number of benzene rings is 1. The number of carbonyl (C=O) groups excluding carboxylic acids is 2. The minimum Gasteiger partial charge on any atom is -0.353 e. The Morgan fingerprint density at radius 1 is 1.27 bits per heavy atom. The van der Waals surface area contributed by atoms with Crippen LogP contribution in [0.5, 0.6) is 0 Å². The molecule has 1 saturated heterocycles. The molecule has 0 bridgehead atoms. The minimum atomic E-state index is -0.270. The Morgan fingerprint density at radius 2 is 2.03 bits per heavy atom. The van der Waals surface area contributed by atoms with Crippen LogP contribution in [0.3, 0.4) is 0 Å². The Bertz CT molecular complexity index is 886. The van der Waals surface area contributed by atoms with Gasteiger partial charge in [-0.3, -0.25) is 14.4 Å². The van der Waals surface area contributed by atoms with Gasteiger partial charge < -0.3 is 9.80 Å². The molecule has 1 atom stereocenters. The van der Waals surface area contributed by atoms with Gasteiger partial charge in [0.2, 0.25) is 0 Å². The van der Waals surface area contributed by atoms with Gasteiger partial charge in [0.15, 0.2) is 5.16 Å². The first kappa shape index (κ1) is 22.3. The molecule has 2 heterocycles. The molecule has 1 aromatic carbocycles. The maximum absolute atomic E-state index is 12.8. The zero-order chi connectivity index (χ0) is 21.5. The summed E-state index contributed by atoms with van der Waals surface area (Å²) in [4.78, 5) is 42.1. The highest BCUT2D eigenvalue weighted by atomic mass is 35.5. The number of hydrogen-bond acceptors (Lipinski definition) is 7. The number of nitrogens with one attached hydrogen (secondary N) is 1. The van der Waals surface area contributed by atoms with E-state index in [4.69, 9.17) is 16.4 Å². The van der Waals surface area contributed by atoms with E-state index in [-0.39, 0.29) is 23.6 Å². The zero-order valence-electron chi connectivity index (χ0n) is 16.9. The lowest BCUT2D eigenvalue weighted by molar-refractivity contribution is -0.130. The van der Waals surface area contributed by atoms with Crippen molar-refractivity contribution in [3.8, 4) is 0 Å². The number of piperazine rings is 1. The summed E-state index contributed by atoms with van der Waals surface area (Å²) >= 11 is 7.37. The van der Waals surface area contributed by atoms with Gasteiger partial charge in [-0.25, -0.2) is 15.4 Å². The first-order chi connectivity index (χ1) is 14.5. The number of halogens is 1. The Kier molecular flexibility index (Phi) is 7.89. The third-order valence-corrected chi connectivity index (χ3v) is 5.60. The lowest BCUT2D eigenvalue weighted by atomic mass is 10.1. The summed E-state index contributed by atoms with van der Waals surface area (Å²) in [7, 11) is 0. The standard InChI is InChI=1S/C20H24ClN5O3S/c1-3-29-24-18(27)13-30-20-22-16(21)11-17(23-20)25-9-10-26(14(2)12-25)19(28)15-7-5-4-6-8-15/h4-8,11,14H,3,9-10,12-13H2,1-2H3,(H,24,27). The smallest absolute Gasteiger partial charge is 0.254 e. The molecule has 30 heavy (non-hydrogen) atoms. The molecule has 1 N–H and O–H groups in total. The average molecular weight is 450 g/mol. The summed E-state index contributed by atoms with van der Waals surface area (Å²) in [6.45, 7) is 6.03. The third kappa shape index (κ3) is 5.84. The van der Waals surface area contributed by atoms with Crippen molar-refractivity contribution >= 4 is 41.0 Å². The second-order valence-corrected chi connectivity index (χ2v) is 8.07. The van der Waals surface area contributed by atoms with Crippen molar-refractivity contribution in [3.05, 3.63) is 47.1 Å². The quantitative estimate of drug-likeness (QED) is 0.301. The largest absolute Gasteiger partial charge is 0.353 e. The van der Waals surface area contributed by atoms with Gasteiger partial charge in [-0.15, -0.1) is 0 Å². The van der Waals surface area contributed by atoms with E-state index >= 15 is 0 Å².